The number of fused-ring (bicyclic) bond motifs is 1. The Labute approximate surface area is 133 Å². The van der Waals surface area contributed by atoms with Crippen LogP contribution in [0.1, 0.15) is 18.7 Å². The van der Waals surface area contributed by atoms with E-state index in [0.29, 0.717) is 11.6 Å². The first-order valence-electron chi connectivity index (χ1n) is 7.08. The molecular weight excluding hydrogens is 302 g/mol. The molecule has 0 amide bonds. The topological polar surface area (TPSA) is 54.5 Å². The number of hydrogen-bond donors (Lipinski definition) is 1. The number of halogens is 1. The third kappa shape index (κ3) is 2.85. The lowest BCUT2D eigenvalue weighted by Gasteiger charge is -2.26. The molecule has 0 bridgehead atoms. The van der Waals surface area contributed by atoms with Crippen molar-refractivity contribution in [3.8, 4) is 0 Å². The van der Waals surface area contributed by atoms with Crippen LogP contribution in [0.4, 0.5) is 11.5 Å². The molecule has 2 heterocycles. The average molecular weight is 318 g/mol. The van der Waals surface area contributed by atoms with Gasteiger partial charge in [0, 0.05) is 11.2 Å². The maximum Gasteiger partial charge on any atom is 0.325 e. The Morgan fingerprint density at radius 3 is 2.86 bits per heavy atom. The molecule has 1 unspecified atom stereocenters. The summed E-state index contributed by atoms with van der Waals surface area (Å²) in [7, 11) is 0. The summed E-state index contributed by atoms with van der Waals surface area (Å²) >= 11 is 5.95. The minimum atomic E-state index is -0.264. The molecule has 0 saturated carbocycles. The fourth-order valence-electron chi connectivity index (χ4n) is 2.52. The Balaban J connectivity index is 1.91. The standard InChI is InChI=1S/C16H16ClN3O2/c1-2-22-14(21)10-20-13-4-3-9-18-15(13)19-16(20)11-5-7-12(17)8-6-11/h3-9,16H,2,10H2,1H3,(H,18,19). The highest BCUT2D eigenvalue weighted by molar-refractivity contribution is 6.30. The van der Waals surface area contributed by atoms with Crippen LogP contribution in [0.15, 0.2) is 42.6 Å². The highest BCUT2D eigenvalue weighted by Gasteiger charge is 2.32. The van der Waals surface area contributed by atoms with E-state index in [1.54, 1.807) is 13.1 Å². The fourth-order valence-corrected chi connectivity index (χ4v) is 2.64. The molecule has 0 spiro atoms. The van der Waals surface area contributed by atoms with E-state index >= 15 is 0 Å². The van der Waals surface area contributed by atoms with Crippen LogP contribution in [0.2, 0.25) is 5.02 Å². The van der Waals surface area contributed by atoms with Crippen molar-refractivity contribution in [2.75, 3.05) is 23.4 Å². The van der Waals surface area contributed by atoms with E-state index in [4.69, 9.17) is 16.3 Å². The number of carbonyl (C=O) groups excluding carboxylic acids is 1. The SMILES string of the molecule is CCOC(=O)CN1c2cccnc2NC1c1ccc(Cl)cc1. The van der Waals surface area contributed by atoms with Crippen molar-refractivity contribution in [2.45, 2.75) is 13.1 Å². The van der Waals surface area contributed by atoms with Gasteiger partial charge in [0.2, 0.25) is 0 Å². The highest BCUT2D eigenvalue weighted by Crippen LogP contribution is 2.39. The molecule has 0 aliphatic carbocycles. The zero-order valence-electron chi connectivity index (χ0n) is 12.1. The largest absolute Gasteiger partial charge is 0.465 e. The molecule has 114 valence electrons. The smallest absolute Gasteiger partial charge is 0.325 e. The van der Waals surface area contributed by atoms with Crippen molar-refractivity contribution in [1.29, 1.82) is 0 Å². The number of aromatic nitrogens is 1. The van der Waals surface area contributed by atoms with Crippen LogP contribution in [0.25, 0.3) is 0 Å². The number of esters is 1. The van der Waals surface area contributed by atoms with Crippen molar-refractivity contribution in [3.05, 3.63) is 53.2 Å². The second-order valence-corrected chi connectivity index (χ2v) is 5.34. The van der Waals surface area contributed by atoms with E-state index in [1.807, 2.05) is 41.3 Å². The predicted molar refractivity (Wildman–Crippen MR) is 86.0 cm³/mol. The van der Waals surface area contributed by atoms with Gasteiger partial charge in [0.25, 0.3) is 0 Å². The Morgan fingerprint density at radius 2 is 2.14 bits per heavy atom. The van der Waals surface area contributed by atoms with Crippen LogP contribution < -0.4 is 10.2 Å². The number of hydrogen-bond acceptors (Lipinski definition) is 5. The minimum Gasteiger partial charge on any atom is -0.465 e. The van der Waals surface area contributed by atoms with Crippen molar-refractivity contribution in [3.63, 3.8) is 0 Å². The Hall–Kier alpha value is -2.27. The van der Waals surface area contributed by atoms with Gasteiger partial charge < -0.3 is 15.0 Å². The van der Waals surface area contributed by atoms with Gasteiger partial charge in [-0.2, -0.15) is 0 Å². The minimum absolute atomic E-state index is 0.160. The van der Waals surface area contributed by atoms with Crippen LogP contribution in [0, 0.1) is 0 Å². The first-order valence-corrected chi connectivity index (χ1v) is 7.46. The lowest BCUT2D eigenvalue weighted by atomic mass is 10.1. The molecule has 0 fully saturated rings. The summed E-state index contributed by atoms with van der Waals surface area (Å²) in [6.07, 6.45) is 1.55. The number of nitrogens with one attached hydrogen (secondary N) is 1. The number of rotatable bonds is 4. The summed E-state index contributed by atoms with van der Waals surface area (Å²) in [5.41, 5.74) is 1.89. The number of ether oxygens (including phenoxy) is 1. The normalized spacial score (nSPS) is 16.1. The zero-order valence-corrected chi connectivity index (χ0v) is 12.9. The molecule has 1 aliphatic rings. The van der Waals surface area contributed by atoms with Gasteiger partial charge in [-0.15, -0.1) is 0 Å². The molecule has 1 aromatic carbocycles. The maximum absolute atomic E-state index is 11.9. The van der Waals surface area contributed by atoms with E-state index in [0.717, 1.165) is 17.1 Å². The summed E-state index contributed by atoms with van der Waals surface area (Å²) < 4.78 is 5.07. The average Bonchev–Trinajstić information content (AvgIpc) is 2.87. The van der Waals surface area contributed by atoms with Gasteiger partial charge in [0.15, 0.2) is 5.82 Å². The summed E-state index contributed by atoms with van der Waals surface area (Å²) in [5, 5.41) is 4.01. The quantitative estimate of drug-likeness (QED) is 0.877. The van der Waals surface area contributed by atoms with Gasteiger partial charge in [0.1, 0.15) is 12.7 Å². The zero-order chi connectivity index (χ0) is 15.5. The lowest BCUT2D eigenvalue weighted by molar-refractivity contribution is -0.141. The number of anilines is 2. The van der Waals surface area contributed by atoms with Crippen molar-refractivity contribution in [2.24, 2.45) is 0 Å². The van der Waals surface area contributed by atoms with E-state index in [9.17, 15) is 4.79 Å². The molecule has 1 atom stereocenters. The predicted octanol–water partition coefficient (Wildman–Crippen LogP) is 3.23. The van der Waals surface area contributed by atoms with Gasteiger partial charge in [-0.25, -0.2) is 4.98 Å². The van der Waals surface area contributed by atoms with Crippen LogP contribution in [-0.4, -0.2) is 24.1 Å². The Kier molecular flexibility index (Phi) is 4.15. The third-order valence-corrected chi connectivity index (χ3v) is 3.72. The van der Waals surface area contributed by atoms with Crippen LogP contribution >= 0.6 is 11.6 Å². The maximum atomic E-state index is 11.9. The lowest BCUT2D eigenvalue weighted by Crippen LogP contribution is -2.34. The second-order valence-electron chi connectivity index (χ2n) is 4.90. The van der Waals surface area contributed by atoms with E-state index in [-0.39, 0.29) is 18.7 Å². The van der Waals surface area contributed by atoms with Crippen LogP contribution in [0.5, 0.6) is 0 Å². The molecule has 0 radical (unpaired) electrons. The molecule has 3 rings (SSSR count). The van der Waals surface area contributed by atoms with Crippen LogP contribution in [-0.2, 0) is 9.53 Å². The first kappa shape index (κ1) is 14.7. The molecular formula is C16H16ClN3O2. The number of nitrogens with zero attached hydrogens (tertiary/aromatic N) is 2. The Morgan fingerprint density at radius 1 is 1.36 bits per heavy atom. The summed E-state index contributed by atoms with van der Waals surface area (Å²) in [4.78, 5) is 18.2. The van der Waals surface area contributed by atoms with Crippen molar-refractivity contribution in [1.82, 2.24) is 4.98 Å². The molecule has 0 saturated heterocycles. The molecule has 6 heteroatoms. The molecule has 22 heavy (non-hydrogen) atoms. The third-order valence-electron chi connectivity index (χ3n) is 3.47. The fraction of sp³-hybridized carbons (Fsp3) is 0.250. The summed E-state index contributed by atoms with van der Waals surface area (Å²) in [5.74, 6) is 0.492. The van der Waals surface area contributed by atoms with Gasteiger partial charge in [-0.05, 0) is 36.8 Å². The van der Waals surface area contributed by atoms with Gasteiger partial charge in [-0.3, -0.25) is 4.79 Å². The molecule has 5 nitrogen and oxygen atoms in total. The first-order chi connectivity index (χ1) is 10.7. The number of carbonyl (C=O) groups is 1. The summed E-state index contributed by atoms with van der Waals surface area (Å²) in [6.45, 7) is 2.32. The van der Waals surface area contributed by atoms with E-state index in [2.05, 4.69) is 10.3 Å². The molecule has 1 aliphatic heterocycles. The second kappa shape index (κ2) is 6.23. The van der Waals surface area contributed by atoms with Crippen molar-refractivity contribution >= 4 is 29.1 Å². The van der Waals surface area contributed by atoms with Gasteiger partial charge in [-0.1, -0.05) is 23.7 Å². The van der Waals surface area contributed by atoms with E-state index in [1.165, 1.54) is 0 Å². The van der Waals surface area contributed by atoms with Gasteiger partial charge in [0.05, 0.1) is 12.3 Å². The monoisotopic (exact) mass is 317 g/mol. The molecule has 1 aromatic heterocycles. The number of benzene rings is 1. The molecule has 1 N–H and O–H groups in total. The van der Waals surface area contributed by atoms with Crippen molar-refractivity contribution < 1.29 is 9.53 Å². The van der Waals surface area contributed by atoms with E-state index < -0.39 is 0 Å². The highest BCUT2D eigenvalue weighted by atomic mass is 35.5. The molecule has 2 aromatic rings. The Bertz CT molecular complexity index is 675. The van der Waals surface area contributed by atoms with Crippen LogP contribution in [0.3, 0.4) is 0 Å². The van der Waals surface area contributed by atoms with Gasteiger partial charge >= 0.3 is 5.97 Å². The number of pyridine rings is 1. The summed E-state index contributed by atoms with van der Waals surface area (Å²) in [6, 6.07) is 11.3.